The van der Waals surface area contributed by atoms with Crippen molar-refractivity contribution in [3.05, 3.63) is 33.8 Å². The number of rotatable bonds is 2. The van der Waals surface area contributed by atoms with Crippen molar-refractivity contribution in [2.45, 2.75) is 6.18 Å². The standard InChI is InChI=1S/C9H7BrF3N3O/c10-6-1-2-7(9(11,12)13)5(3-6)4-15-16-8(14)17/h1-4H,(H3,14,16,17). The first-order valence-electron chi connectivity index (χ1n) is 4.26. The molecule has 0 fully saturated rings. The summed E-state index contributed by atoms with van der Waals surface area (Å²) in [4.78, 5) is 10.3. The minimum atomic E-state index is -4.49. The van der Waals surface area contributed by atoms with E-state index in [1.54, 1.807) is 0 Å². The first-order chi connectivity index (χ1) is 7.80. The molecule has 0 aliphatic rings. The maximum atomic E-state index is 12.6. The summed E-state index contributed by atoms with van der Waals surface area (Å²) in [5.74, 6) is 0. The third-order valence-corrected chi connectivity index (χ3v) is 2.19. The van der Waals surface area contributed by atoms with Gasteiger partial charge in [-0.3, -0.25) is 0 Å². The zero-order valence-electron chi connectivity index (χ0n) is 8.25. The number of primary amides is 1. The van der Waals surface area contributed by atoms with E-state index in [-0.39, 0.29) is 5.56 Å². The Morgan fingerprint density at radius 2 is 2.12 bits per heavy atom. The molecule has 8 heteroatoms. The molecule has 2 amide bonds. The zero-order chi connectivity index (χ0) is 13.1. The second-order valence-corrected chi connectivity index (χ2v) is 3.88. The molecule has 0 spiro atoms. The monoisotopic (exact) mass is 309 g/mol. The number of alkyl halides is 3. The lowest BCUT2D eigenvalue weighted by molar-refractivity contribution is -0.137. The molecule has 4 nitrogen and oxygen atoms in total. The Morgan fingerprint density at radius 3 is 2.65 bits per heavy atom. The molecule has 0 saturated heterocycles. The van der Waals surface area contributed by atoms with Gasteiger partial charge >= 0.3 is 12.2 Å². The molecule has 0 heterocycles. The maximum absolute atomic E-state index is 12.6. The average Bonchev–Trinajstić information content (AvgIpc) is 2.15. The highest BCUT2D eigenvalue weighted by molar-refractivity contribution is 9.10. The molecule has 0 bridgehead atoms. The van der Waals surface area contributed by atoms with E-state index in [0.29, 0.717) is 4.47 Å². The van der Waals surface area contributed by atoms with Gasteiger partial charge < -0.3 is 5.73 Å². The van der Waals surface area contributed by atoms with Crippen LogP contribution in [-0.4, -0.2) is 12.2 Å². The summed E-state index contributed by atoms with van der Waals surface area (Å²) in [7, 11) is 0. The van der Waals surface area contributed by atoms with Gasteiger partial charge in [0.2, 0.25) is 0 Å². The molecule has 0 aliphatic carbocycles. The number of carbonyl (C=O) groups is 1. The van der Waals surface area contributed by atoms with Gasteiger partial charge in [-0.05, 0) is 18.2 Å². The molecule has 0 radical (unpaired) electrons. The van der Waals surface area contributed by atoms with Crippen LogP contribution in [0.15, 0.2) is 27.8 Å². The summed E-state index contributed by atoms with van der Waals surface area (Å²) in [5.41, 5.74) is 5.50. The molecular formula is C9H7BrF3N3O. The van der Waals surface area contributed by atoms with Crippen LogP contribution in [0.1, 0.15) is 11.1 Å². The summed E-state index contributed by atoms with van der Waals surface area (Å²) in [6, 6.07) is 2.46. The molecule has 0 atom stereocenters. The van der Waals surface area contributed by atoms with Gasteiger partial charge in [0, 0.05) is 10.0 Å². The van der Waals surface area contributed by atoms with Crippen molar-refractivity contribution in [1.82, 2.24) is 5.43 Å². The molecule has 1 aromatic carbocycles. The van der Waals surface area contributed by atoms with Crippen LogP contribution >= 0.6 is 15.9 Å². The normalized spacial score (nSPS) is 11.8. The highest BCUT2D eigenvalue weighted by Gasteiger charge is 2.32. The number of nitrogens with zero attached hydrogens (tertiary/aromatic N) is 1. The van der Waals surface area contributed by atoms with Crippen molar-refractivity contribution in [3.63, 3.8) is 0 Å². The van der Waals surface area contributed by atoms with Gasteiger partial charge in [-0.25, -0.2) is 10.2 Å². The summed E-state index contributed by atoms with van der Waals surface area (Å²) in [5, 5.41) is 3.29. The molecule has 0 aromatic heterocycles. The van der Waals surface area contributed by atoms with Crippen LogP contribution in [0.5, 0.6) is 0 Å². The van der Waals surface area contributed by atoms with Crippen LogP contribution in [0.4, 0.5) is 18.0 Å². The molecule has 92 valence electrons. The van der Waals surface area contributed by atoms with Gasteiger partial charge in [0.25, 0.3) is 0 Å². The van der Waals surface area contributed by atoms with Gasteiger partial charge in [-0.15, -0.1) is 0 Å². The van der Waals surface area contributed by atoms with Crippen molar-refractivity contribution in [2.24, 2.45) is 10.8 Å². The molecule has 1 aromatic rings. The van der Waals surface area contributed by atoms with E-state index in [1.165, 1.54) is 12.1 Å². The van der Waals surface area contributed by atoms with Crippen LogP contribution in [0.25, 0.3) is 0 Å². The van der Waals surface area contributed by atoms with E-state index < -0.39 is 17.8 Å². The van der Waals surface area contributed by atoms with Crippen LogP contribution in [-0.2, 0) is 6.18 Å². The number of nitrogens with one attached hydrogen (secondary N) is 1. The topological polar surface area (TPSA) is 67.5 Å². The van der Waals surface area contributed by atoms with Crippen molar-refractivity contribution in [3.8, 4) is 0 Å². The van der Waals surface area contributed by atoms with Crippen molar-refractivity contribution in [2.75, 3.05) is 0 Å². The van der Waals surface area contributed by atoms with Crippen LogP contribution in [0, 0.1) is 0 Å². The number of hydrogen-bond acceptors (Lipinski definition) is 2. The Kier molecular flexibility index (Phi) is 4.11. The lowest BCUT2D eigenvalue weighted by Crippen LogP contribution is -2.24. The zero-order valence-corrected chi connectivity index (χ0v) is 9.84. The van der Waals surface area contributed by atoms with Gasteiger partial charge in [0.15, 0.2) is 0 Å². The van der Waals surface area contributed by atoms with E-state index in [4.69, 9.17) is 5.73 Å². The average molecular weight is 310 g/mol. The highest BCUT2D eigenvalue weighted by atomic mass is 79.9. The molecule has 3 N–H and O–H groups in total. The minimum Gasteiger partial charge on any atom is -0.350 e. The Hall–Kier alpha value is -1.57. The van der Waals surface area contributed by atoms with Crippen LogP contribution < -0.4 is 11.2 Å². The molecule has 17 heavy (non-hydrogen) atoms. The minimum absolute atomic E-state index is 0.180. The third-order valence-electron chi connectivity index (χ3n) is 1.70. The summed E-state index contributed by atoms with van der Waals surface area (Å²) in [6.45, 7) is 0. The van der Waals surface area contributed by atoms with Crippen molar-refractivity contribution < 1.29 is 18.0 Å². The molecule has 1 rings (SSSR count). The number of benzene rings is 1. The smallest absolute Gasteiger partial charge is 0.350 e. The van der Waals surface area contributed by atoms with Gasteiger partial charge in [0.05, 0.1) is 11.8 Å². The Morgan fingerprint density at radius 1 is 1.47 bits per heavy atom. The molecular weight excluding hydrogens is 303 g/mol. The Labute approximate surface area is 103 Å². The van der Waals surface area contributed by atoms with E-state index in [0.717, 1.165) is 12.3 Å². The predicted octanol–water partition coefficient (Wildman–Crippen LogP) is 2.47. The molecule has 0 saturated carbocycles. The van der Waals surface area contributed by atoms with Gasteiger partial charge in [-0.1, -0.05) is 15.9 Å². The van der Waals surface area contributed by atoms with Crippen LogP contribution in [0.3, 0.4) is 0 Å². The molecule has 0 unspecified atom stereocenters. The summed E-state index contributed by atoms with van der Waals surface area (Å²) < 4.78 is 38.2. The Balaban J connectivity index is 3.08. The number of amides is 2. The van der Waals surface area contributed by atoms with Crippen molar-refractivity contribution in [1.29, 1.82) is 0 Å². The van der Waals surface area contributed by atoms with E-state index in [1.807, 2.05) is 5.43 Å². The van der Waals surface area contributed by atoms with E-state index >= 15 is 0 Å². The second kappa shape index (κ2) is 5.17. The lowest BCUT2D eigenvalue weighted by atomic mass is 10.1. The third kappa shape index (κ3) is 4.06. The number of nitrogens with two attached hydrogens (primary N) is 1. The number of hydrazone groups is 1. The van der Waals surface area contributed by atoms with Crippen LogP contribution in [0.2, 0.25) is 0 Å². The summed E-state index contributed by atoms with van der Waals surface area (Å²) in [6.07, 6.45) is -3.62. The van der Waals surface area contributed by atoms with Gasteiger partial charge in [0.1, 0.15) is 0 Å². The van der Waals surface area contributed by atoms with E-state index in [2.05, 4.69) is 21.0 Å². The fraction of sp³-hybridized carbons (Fsp3) is 0.111. The predicted molar refractivity (Wildman–Crippen MR) is 59.5 cm³/mol. The molecule has 0 aliphatic heterocycles. The highest BCUT2D eigenvalue weighted by Crippen LogP contribution is 2.32. The van der Waals surface area contributed by atoms with Gasteiger partial charge in [-0.2, -0.15) is 18.3 Å². The number of halogens is 4. The lowest BCUT2D eigenvalue weighted by Gasteiger charge is -2.09. The fourth-order valence-electron chi connectivity index (χ4n) is 1.06. The number of hydrogen-bond donors (Lipinski definition) is 2. The first-order valence-corrected chi connectivity index (χ1v) is 5.05. The quantitative estimate of drug-likeness (QED) is 0.639. The Bertz CT molecular complexity index is 459. The van der Waals surface area contributed by atoms with Crippen molar-refractivity contribution >= 4 is 28.2 Å². The van der Waals surface area contributed by atoms with E-state index in [9.17, 15) is 18.0 Å². The SMILES string of the molecule is NC(=O)NN=Cc1cc(Br)ccc1C(F)(F)F. The largest absolute Gasteiger partial charge is 0.417 e. The first kappa shape index (κ1) is 13.5. The second-order valence-electron chi connectivity index (χ2n) is 2.96. The number of urea groups is 1. The fourth-order valence-corrected chi connectivity index (χ4v) is 1.44. The number of carbonyl (C=O) groups excluding carboxylic acids is 1. The summed E-state index contributed by atoms with van der Waals surface area (Å²) >= 11 is 3.04. The maximum Gasteiger partial charge on any atom is 0.417 e.